The predicted molar refractivity (Wildman–Crippen MR) is 72.3 cm³/mol. The molecule has 0 bridgehead atoms. The van der Waals surface area contributed by atoms with Crippen molar-refractivity contribution in [2.75, 3.05) is 13.8 Å². The van der Waals surface area contributed by atoms with Gasteiger partial charge < -0.3 is 10.5 Å². The van der Waals surface area contributed by atoms with Gasteiger partial charge in [0.25, 0.3) is 0 Å². The monoisotopic (exact) mass is 304 g/mol. The molecule has 0 saturated carbocycles. The molecule has 4 N–H and O–H groups in total. The van der Waals surface area contributed by atoms with Crippen LogP contribution in [0.15, 0.2) is 0 Å². The minimum absolute atomic E-state index is 0.293. The van der Waals surface area contributed by atoms with Gasteiger partial charge in [0.2, 0.25) is 0 Å². The summed E-state index contributed by atoms with van der Waals surface area (Å²) in [4.78, 5) is 19.0. The van der Waals surface area contributed by atoms with Crippen LogP contribution in [0.1, 0.15) is 13.3 Å². The molecule has 5 atom stereocenters. The molecule has 0 aromatic heterocycles. The van der Waals surface area contributed by atoms with E-state index in [2.05, 4.69) is 17.2 Å². The van der Waals surface area contributed by atoms with Crippen molar-refractivity contribution in [3.8, 4) is 0 Å². The number of ether oxygens (including phenoxy) is 1. The van der Waals surface area contributed by atoms with Crippen LogP contribution >= 0.6 is 29.4 Å². The number of hydrogen-bond donors (Lipinski definition) is 4. The molecule has 0 amide bonds. The zero-order valence-corrected chi connectivity index (χ0v) is 12.8. The molecule has 0 aromatic carbocycles. The third kappa shape index (κ3) is 3.30. The summed E-state index contributed by atoms with van der Waals surface area (Å²) in [5, 5.41) is -0.834. The van der Waals surface area contributed by atoms with Crippen LogP contribution in [0.2, 0.25) is 0 Å². The Morgan fingerprint density at radius 1 is 1.59 bits per heavy atom. The van der Waals surface area contributed by atoms with E-state index in [0.717, 1.165) is 0 Å². The summed E-state index contributed by atoms with van der Waals surface area (Å²) in [6.07, 6.45) is -0.306. The molecule has 0 aromatic rings. The van der Waals surface area contributed by atoms with Crippen molar-refractivity contribution in [1.82, 2.24) is 0 Å². The van der Waals surface area contributed by atoms with E-state index in [-0.39, 0.29) is 6.10 Å². The van der Waals surface area contributed by atoms with Gasteiger partial charge in [0.05, 0.1) is 13.2 Å². The van der Waals surface area contributed by atoms with E-state index in [1.165, 1.54) is 7.11 Å². The number of nitrogens with two attached hydrogens (primary N) is 1. The maximum atomic E-state index is 9.50. The first-order chi connectivity index (χ1) is 7.80. The molecule has 102 valence electrons. The van der Waals surface area contributed by atoms with Gasteiger partial charge in [-0.1, -0.05) is 15.5 Å². The maximum absolute atomic E-state index is 9.50. The Bertz CT molecular complexity index is 272. The molecular formula is C8H20NO5P2S+. The van der Waals surface area contributed by atoms with E-state index in [9.17, 15) is 9.79 Å². The molecular weight excluding hydrogens is 284 g/mol. The van der Waals surface area contributed by atoms with Crippen molar-refractivity contribution in [3.05, 3.63) is 0 Å². The molecule has 1 aliphatic rings. The summed E-state index contributed by atoms with van der Waals surface area (Å²) in [6, 6.07) is 0. The Morgan fingerprint density at radius 3 is 2.59 bits per heavy atom. The molecule has 9 heteroatoms. The fourth-order valence-corrected chi connectivity index (χ4v) is 4.05. The minimum Gasteiger partial charge on any atom is -0.359 e. The average molecular weight is 304 g/mol. The van der Waals surface area contributed by atoms with E-state index in [1.807, 2.05) is 13.6 Å². The van der Waals surface area contributed by atoms with Crippen LogP contribution < -0.4 is 5.73 Å². The quantitative estimate of drug-likeness (QED) is 0.441. The van der Waals surface area contributed by atoms with E-state index >= 15 is 0 Å². The van der Waals surface area contributed by atoms with Crippen molar-refractivity contribution < 1.29 is 23.6 Å². The Morgan fingerprint density at radius 2 is 2.18 bits per heavy atom. The normalized spacial score (nSPS) is 39.4. The fraction of sp³-hybridized carbons (Fsp3) is 1.00. The van der Waals surface area contributed by atoms with Gasteiger partial charge in [0.1, 0.15) is 10.7 Å². The summed E-state index contributed by atoms with van der Waals surface area (Å²) in [5.74, 6) is 0. The molecule has 1 rings (SSSR count). The maximum Gasteiger partial charge on any atom is 0.570 e. The van der Waals surface area contributed by atoms with Gasteiger partial charge in [-0.3, -0.25) is 0 Å². The molecule has 1 fully saturated rings. The van der Waals surface area contributed by atoms with Gasteiger partial charge in [-0.2, -0.15) is 14.3 Å². The standard InChI is InChI=1S/C8H19NO5P2S/c1-4-5-6(14-16(10,11)12-2)8(9,15-3)7(17)13-5/h5-7,10-11,15H,4,9H2,1-3H3/p+1/t5?,6-,7?,8?/m0/s1. The molecule has 0 aliphatic carbocycles. The van der Waals surface area contributed by atoms with Crippen LogP contribution in [-0.2, 0) is 13.8 Å². The number of hydrogen-bond acceptors (Lipinski definition) is 7. The second-order valence-electron chi connectivity index (χ2n) is 3.82. The zero-order valence-electron chi connectivity index (χ0n) is 10.0. The lowest BCUT2D eigenvalue weighted by Gasteiger charge is -2.30. The minimum atomic E-state index is -3.83. The lowest BCUT2D eigenvalue weighted by Crippen LogP contribution is -2.51. The summed E-state index contributed by atoms with van der Waals surface area (Å²) in [6.45, 7) is 3.82. The first-order valence-electron chi connectivity index (χ1n) is 5.20. The van der Waals surface area contributed by atoms with Crippen molar-refractivity contribution in [2.24, 2.45) is 5.73 Å². The van der Waals surface area contributed by atoms with Crippen LogP contribution in [-0.4, -0.2) is 46.5 Å². The third-order valence-electron chi connectivity index (χ3n) is 2.84. The van der Waals surface area contributed by atoms with Crippen LogP contribution in [0.4, 0.5) is 0 Å². The third-order valence-corrected chi connectivity index (χ3v) is 6.03. The fourth-order valence-electron chi connectivity index (χ4n) is 1.72. The Hall–Kier alpha value is 0.970. The molecule has 17 heavy (non-hydrogen) atoms. The first kappa shape index (κ1) is 16.0. The Labute approximate surface area is 109 Å². The summed E-state index contributed by atoms with van der Waals surface area (Å²) in [5.41, 5.74) is 5.71. The first-order valence-corrected chi connectivity index (χ1v) is 8.75. The molecule has 1 aliphatic heterocycles. The van der Waals surface area contributed by atoms with E-state index in [0.29, 0.717) is 15.0 Å². The summed E-state index contributed by atoms with van der Waals surface area (Å²) < 4.78 is 15.4. The number of rotatable bonds is 5. The molecule has 0 radical (unpaired) electrons. The topological polar surface area (TPSA) is 94.2 Å². The van der Waals surface area contributed by atoms with E-state index < -0.39 is 25.0 Å². The predicted octanol–water partition coefficient (Wildman–Crippen LogP) is 0.708. The SMILES string of the molecule is CCC1OC(S)C(N)(PC)[C@H]1O[P+](O)(O)OC. The zero-order chi connectivity index (χ0) is 13.3. The van der Waals surface area contributed by atoms with Gasteiger partial charge in [0.15, 0.2) is 6.10 Å². The van der Waals surface area contributed by atoms with Gasteiger partial charge >= 0.3 is 8.17 Å². The summed E-state index contributed by atoms with van der Waals surface area (Å²) in [7, 11) is -2.36. The van der Waals surface area contributed by atoms with E-state index in [4.69, 9.17) is 15.0 Å². The second-order valence-corrected chi connectivity index (χ2v) is 7.21. The molecule has 1 heterocycles. The molecule has 6 nitrogen and oxygen atoms in total. The van der Waals surface area contributed by atoms with Crippen molar-refractivity contribution >= 4 is 29.4 Å². The Balaban J connectivity index is 2.90. The smallest absolute Gasteiger partial charge is 0.359 e. The van der Waals surface area contributed by atoms with Crippen LogP contribution in [0.25, 0.3) is 0 Å². The van der Waals surface area contributed by atoms with Crippen molar-refractivity contribution in [1.29, 1.82) is 0 Å². The van der Waals surface area contributed by atoms with Gasteiger partial charge in [-0.15, -0.1) is 17.2 Å². The van der Waals surface area contributed by atoms with Crippen LogP contribution in [0.5, 0.6) is 0 Å². The van der Waals surface area contributed by atoms with Gasteiger partial charge in [-0.05, 0) is 13.1 Å². The summed E-state index contributed by atoms with van der Waals surface area (Å²) >= 11 is 4.29. The van der Waals surface area contributed by atoms with Crippen LogP contribution in [0.3, 0.4) is 0 Å². The average Bonchev–Trinajstić information content (AvgIpc) is 2.53. The lowest BCUT2D eigenvalue weighted by molar-refractivity contribution is 0.0162. The van der Waals surface area contributed by atoms with Crippen molar-refractivity contribution in [2.45, 2.75) is 36.3 Å². The largest absolute Gasteiger partial charge is 0.570 e. The van der Waals surface area contributed by atoms with E-state index in [1.54, 1.807) is 0 Å². The van der Waals surface area contributed by atoms with Gasteiger partial charge in [-0.25, -0.2) is 0 Å². The number of thiol groups is 1. The molecule has 1 saturated heterocycles. The Kier molecular flexibility index (Phi) is 5.61. The molecule has 4 unspecified atom stereocenters. The highest BCUT2D eigenvalue weighted by atomic mass is 32.1. The highest BCUT2D eigenvalue weighted by Crippen LogP contribution is 2.57. The van der Waals surface area contributed by atoms with Crippen molar-refractivity contribution in [3.63, 3.8) is 0 Å². The second kappa shape index (κ2) is 5.95. The lowest BCUT2D eigenvalue weighted by atomic mass is 10.1. The highest BCUT2D eigenvalue weighted by molar-refractivity contribution is 7.81. The van der Waals surface area contributed by atoms with Crippen LogP contribution in [0, 0.1) is 0 Å². The van der Waals surface area contributed by atoms with Gasteiger partial charge in [0, 0.05) is 0 Å². The molecule has 0 spiro atoms. The highest BCUT2D eigenvalue weighted by Gasteiger charge is 2.58.